The molecule has 2 heteroatoms. The van der Waals surface area contributed by atoms with E-state index in [4.69, 9.17) is 4.74 Å². The van der Waals surface area contributed by atoms with Crippen molar-refractivity contribution in [2.24, 2.45) is 0 Å². The lowest BCUT2D eigenvalue weighted by atomic mass is 10.2. The quantitative estimate of drug-likeness (QED) is 0.508. The molecular weight excluding hydrogens is 102 g/mol. The summed E-state index contributed by atoms with van der Waals surface area (Å²) in [6, 6.07) is 0. The molecule has 0 fully saturated rings. The highest BCUT2D eigenvalue weighted by Crippen LogP contribution is 2.07. The first kappa shape index (κ1) is 5.63. The Morgan fingerprint density at radius 1 is 1.75 bits per heavy atom. The van der Waals surface area contributed by atoms with Crippen molar-refractivity contribution in [3.63, 3.8) is 0 Å². The third-order valence-corrected chi connectivity index (χ3v) is 1.34. The van der Waals surface area contributed by atoms with Crippen molar-refractivity contribution in [1.29, 1.82) is 0 Å². The highest BCUT2D eigenvalue weighted by atomic mass is 16.5. The zero-order valence-electron chi connectivity index (χ0n) is 4.97. The van der Waals surface area contributed by atoms with Crippen LogP contribution in [-0.2, 0) is 4.74 Å². The van der Waals surface area contributed by atoms with Gasteiger partial charge in [-0.2, -0.15) is 0 Å². The number of ether oxygens (including phenoxy) is 1. The van der Waals surface area contributed by atoms with Gasteiger partial charge in [-0.1, -0.05) is 0 Å². The van der Waals surface area contributed by atoms with Crippen molar-refractivity contribution in [3.05, 3.63) is 12.3 Å². The maximum absolute atomic E-state index is 5.18. The van der Waals surface area contributed by atoms with Crippen molar-refractivity contribution >= 4 is 0 Å². The molecular formula is C6H12NO+. The van der Waals surface area contributed by atoms with E-state index in [0.717, 1.165) is 19.4 Å². The fraction of sp³-hybridized carbons (Fsp3) is 0.667. The Bertz CT molecular complexity index is 90.5. The van der Waals surface area contributed by atoms with Crippen molar-refractivity contribution in [3.8, 4) is 0 Å². The Morgan fingerprint density at radius 3 is 3.00 bits per heavy atom. The van der Waals surface area contributed by atoms with E-state index >= 15 is 0 Å². The normalized spacial score (nSPS) is 27.4. The zero-order chi connectivity index (χ0) is 5.82. The van der Waals surface area contributed by atoms with Crippen molar-refractivity contribution < 1.29 is 10.5 Å². The molecule has 0 aliphatic carbocycles. The smallest absolute Gasteiger partial charge is 0.146 e. The summed E-state index contributed by atoms with van der Waals surface area (Å²) in [4.78, 5) is 0. The maximum Gasteiger partial charge on any atom is 0.146 e. The number of quaternary nitrogens is 1. The van der Waals surface area contributed by atoms with Crippen LogP contribution in [0.25, 0.3) is 0 Å². The summed E-state index contributed by atoms with van der Waals surface area (Å²) in [7, 11) is 0. The van der Waals surface area contributed by atoms with Gasteiger partial charge in [0.25, 0.3) is 0 Å². The molecule has 8 heavy (non-hydrogen) atoms. The molecule has 0 bridgehead atoms. The largest absolute Gasteiger partial charge is 0.492 e. The Morgan fingerprint density at radius 2 is 2.62 bits per heavy atom. The lowest BCUT2D eigenvalue weighted by Crippen LogP contribution is -2.56. The summed E-state index contributed by atoms with van der Waals surface area (Å²) in [5.41, 5.74) is 3.75. The molecule has 1 atom stereocenters. The molecule has 1 rings (SSSR count). The van der Waals surface area contributed by atoms with Gasteiger partial charge >= 0.3 is 0 Å². The summed E-state index contributed by atoms with van der Waals surface area (Å²) in [6.07, 6.45) is 6.51. The summed E-state index contributed by atoms with van der Waals surface area (Å²) in [6.45, 7) is 0.893. The minimum atomic E-state index is 0.389. The van der Waals surface area contributed by atoms with Gasteiger partial charge in [0, 0.05) is 0 Å². The Balaban J connectivity index is 2.27. The van der Waals surface area contributed by atoms with Crippen LogP contribution in [0.3, 0.4) is 0 Å². The van der Waals surface area contributed by atoms with Crippen LogP contribution in [-0.4, -0.2) is 12.6 Å². The minimum absolute atomic E-state index is 0.389. The molecule has 0 amide bonds. The second-order valence-electron chi connectivity index (χ2n) is 2.00. The van der Waals surface area contributed by atoms with Gasteiger partial charge in [-0.15, -0.1) is 0 Å². The molecule has 0 unspecified atom stereocenters. The fourth-order valence-corrected chi connectivity index (χ4v) is 0.797. The van der Waals surface area contributed by atoms with Gasteiger partial charge < -0.3 is 10.5 Å². The molecule has 0 saturated carbocycles. The molecule has 0 saturated heterocycles. The van der Waals surface area contributed by atoms with Crippen LogP contribution in [0.1, 0.15) is 12.8 Å². The third kappa shape index (κ3) is 1.23. The van der Waals surface area contributed by atoms with Gasteiger partial charge in [-0.05, 0) is 18.9 Å². The van der Waals surface area contributed by atoms with Gasteiger partial charge in [0.15, 0.2) is 0 Å². The molecule has 46 valence electrons. The van der Waals surface area contributed by atoms with E-state index < -0.39 is 0 Å². The second-order valence-corrected chi connectivity index (χ2v) is 2.00. The molecule has 2 nitrogen and oxygen atoms in total. The maximum atomic E-state index is 5.18. The summed E-state index contributed by atoms with van der Waals surface area (Å²) in [5, 5.41) is 0. The SMILES string of the molecule is [NH3+]C[C@@H]1CCC=CO1. The van der Waals surface area contributed by atoms with Crippen LogP contribution < -0.4 is 5.73 Å². The predicted molar refractivity (Wildman–Crippen MR) is 31.0 cm³/mol. The second kappa shape index (κ2) is 2.72. The van der Waals surface area contributed by atoms with E-state index in [-0.39, 0.29) is 0 Å². The molecule has 3 N–H and O–H groups in total. The van der Waals surface area contributed by atoms with E-state index in [2.05, 4.69) is 5.73 Å². The Labute approximate surface area is 49.3 Å². The summed E-state index contributed by atoms with van der Waals surface area (Å²) in [5.74, 6) is 0. The predicted octanol–water partition coefficient (Wildman–Crippen LogP) is -0.0790. The third-order valence-electron chi connectivity index (χ3n) is 1.34. The monoisotopic (exact) mass is 114 g/mol. The number of allylic oxidation sites excluding steroid dienone is 1. The van der Waals surface area contributed by atoms with E-state index in [0.29, 0.717) is 6.10 Å². The molecule has 0 aromatic heterocycles. The lowest BCUT2D eigenvalue weighted by Gasteiger charge is -2.14. The Kier molecular flexibility index (Phi) is 1.92. The number of hydrogen-bond acceptors (Lipinski definition) is 1. The van der Waals surface area contributed by atoms with Crippen molar-refractivity contribution in [2.45, 2.75) is 18.9 Å². The van der Waals surface area contributed by atoms with Gasteiger partial charge in [-0.3, -0.25) is 0 Å². The van der Waals surface area contributed by atoms with Gasteiger partial charge in [0.1, 0.15) is 12.6 Å². The molecule has 1 aliphatic rings. The molecule has 0 radical (unpaired) electrons. The lowest BCUT2D eigenvalue weighted by molar-refractivity contribution is -0.384. The highest BCUT2D eigenvalue weighted by Gasteiger charge is 2.08. The summed E-state index contributed by atoms with van der Waals surface area (Å²) >= 11 is 0. The van der Waals surface area contributed by atoms with Crippen LogP contribution in [0.5, 0.6) is 0 Å². The number of rotatable bonds is 1. The Hall–Kier alpha value is -0.500. The average molecular weight is 114 g/mol. The molecule has 1 aliphatic heterocycles. The van der Waals surface area contributed by atoms with Crippen molar-refractivity contribution in [2.75, 3.05) is 6.54 Å². The van der Waals surface area contributed by atoms with Crippen LogP contribution in [0.2, 0.25) is 0 Å². The van der Waals surface area contributed by atoms with Crippen LogP contribution in [0.4, 0.5) is 0 Å². The average Bonchev–Trinajstić information content (AvgIpc) is 1.90. The van der Waals surface area contributed by atoms with Gasteiger partial charge in [0.05, 0.1) is 6.26 Å². The number of hydrogen-bond donors (Lipinski definition) is 1. The topological polar surface area (TPSA) is 36.9 Å². The van der Waals surface area contributed by atoms with Crippen LogP contribution >= 0.6 is 0 Å². The first-order valence-electron chi connectivity index (χ1n) is 3.03. The van der Waals surface area contributed by atoms with Crippen LogP contribution in [0, 0.1) is 0 Å². The first-order valence-corrected chi connectivity index (χ1v) is 3.03. The van der Waals surface area contributed by atoms with Crippen LogP contribution in [0.15, 0.2) is 12.3 Å². The van der Waals surface area contributed by atoms with E-state index in [1.807, 2.05) is 6.08 Å². The highest BCUT2D eigenvalue weighted by molar-refractivity contribution is 4.81. The first-order chi connectivity index (χ1) is 3.93. The van der Waals surface area contributed by atoms with E-state index in [1.165, 1.54) is 0 Å². The molecule has 0 aromatic carbocycles. The van der Waals surface area contributed by atoms with E-state index in [9.17, 15) is 0 Å². The standard InChI is InChI=1S/C6H11NO/c7-5-6-3-1-2-4-8-6/h2,4,6H,1,3,5,7H2/p+1/t6-/m0/s1. The summed E-state index contributed by atoms with van der Waals surface area (Å²) < 4.78 is 5.18. The van der Waals surface area contributed by atoms with Gasteiger partial charge in [-0.25, -0.2) is 0 Å². The molecule has 0 aromatic rings. The van der Waals surface area contributed by atoms with Crippen molar-refractivity contribution in [1.82, 2.24) is 0 Å². The molecule has 1 heterocycles. The zero-order valence-corrected chi connectivity index (χ0v) is 4.97. The molecule has 0 spiro atoms. The fourth-order valence-electron chi connectivity index (χ4n) is 0.797. The van der Waals surface area contributed by atoms with Gasteiger partial charge in [0.2, 0.25) is 0 Å². The van der Waals surface area contributed by atoms with E-state index in [1.54, 1.807) is 6.26 Å². The minimum Gasteiger partial charge on any atom is -0.492 e.